The molecule has 224 valence electrons. The number of nitrogens with two attached hydrogens (primary N) is 1. The Morgan fingerprint density at radius 3 is 2.71 bits per heavy atom. The monoisotopic (exact) mass is 575 g/mol. The molecule has 0 atom stereocenters. The summed E-state index contributed by atoms with van der Waals surface area (Å²) < 4.78 is 13.0. The molecule has 11 heteroatoms. The van der Waals surface area contributed by atoms with Crippen LogP contribution in [0.25, 0.3) is 21.9 Å². The van der Waals surface area contributed by atoms with E-state index in [1.807, 2.05) is 60.3 Å². The number of aldehydes is 1. The summed E-state index contributed by atoms with van der Waals surface area (Å²) >= 11 is 0. The number of fused-ring (bicyclic) bond motifs is 3. The van der Waals surface area contributed by atoms with Gasteiger partial charge in [0, 0.05) is 51.6 Å². The summed E-state index contributed by atoms with van der Waals surface area (Å²) in [4.78, 5) is 37.2. The Balaban J connectivity index is 1.50. The van der Waals surface area contributed by atoms with Crippen molar-refractivity contribution in [1.82, 2.24) is 29.7 Å². The van der Waals surface area contributed by atoms with Crippen molar-refractivity contribution < 1.29 is 19.1 Å². The van der Waals surface area contributed by atoms with E-state index in [1.165, 1.54) is 0 Å². The minimum Gasteiger partial charge on any atom is -0.486 e. The summed E-state index contributed by atoms with van der Waals surface area (Å²) in [6.45, 7) is 3.54. The van der Waals surface area contributed by atoms with Crippen molar-refractivity contribution in [2.75, 3.05) is 59.8 Å². The van der Waals surface area contributed by atoms with Gasteiger partial charge in [-0.1, -0.05) is 30.3 Å². The van der Waals surface area contributed by atoms with Crippen LogP contribution in [0.1, 0.15) is 24.2 Å². The van der Waals surface area contributed by atoms with Crippen molar-refractivity contribution in [3.05, 3.63) is 59.9 Å². The van der Waals surface area contributed by atoms with E-state index < -0.39 is 0 Å². The number of nitrogens with one attached hydrogen (secondary N) is 1. The van der Waals surface area contributed by atoms with Gasteiger partial charge >= 0.3 is 6.03 Å². The molecule has 0 unspecified atom stereocenters. The van der Waals surface area contributed by atoms with Gasteiger partial charge in [-0.2, -0.15) is 0 Å². The van der Waals surface area contributed by atoms with Gasteiger partial charge in [0.25, 0.3) is 0 Å². The second-order valence-corrected chi connectivity index (χ2v) is 10.4. The number of nitrogens with zero attached hydrogens (tertiary/aromatic N) is 5. The number of hydrogen-bond acceptors (Lipinski definition) is 8. The van der Waals surface area contributed by atoms with E-state index in [1.54, 1.807) is 13.2 Å². The first-order valence-electron chi connectivity index (χ1n) is 14.3. The van der Waals surface area contributed by atoms with E-state index in [9.17, 15) is 9.59 Å². The van der Waals surface area contributed by atoms with Gasteiger partial charge in [-0.3, -0.25) is 4.79 Å². The number of para-hydroxylation sites is 1. The number of unbranched alkanes of at least 4 members (excludes halogenated alkanes) is 1. The van der Waals surface area contributed by atoms with Crippen LogP contribution in [0.4, 0.5) is 10.6 Å². The smallest absolute Gasteiger partial charge is 0.317 e. The zero-order chi connectivity index (χ0) is 29.9. The van der Waals surface area contributed by atoms with Gasteiger partial charge in [-0.25, -0.2) is 14.8 Å². The van der Waals surface area contributed by atoms with Crippen molar-refractivity contribution in [2.24, 2.45) is 0 Å². The van der Waals surface area contributed by atoms with Crippen molar-refractivity contribution in [2.45, 2.75) is 32.4 Å². The molecule has 0 aliphatic carbocycles. The van der Waals surface area contributed by atoms with Crippen molar-refractivity contribution in [1.29, 1.82) is 0 Å². The van der Waals surface area contributed by atoms with E-state index in [4.69, 9.17) is 20.2 Å². The summed E-state index contributed by atoms with van der Waals surface area (Å²) in [6, 6.07) is 15.3. The van der Waals surface area contributed by atoms with Crippen LogP contribution in [0, 0.1) is 0 Å². The number of imidazole rings is 1. The maximum atomic E-state index is 13.2. The Hall–Kier alpha value is -4.22. The molecule has 2 heterocycles. The number of likely N-dealkylation sites (N-methyl/N-ethyl adjacent to an activating group) is 1. The van der Waals surface area contributed by atoms with E-state index >= 15 is 0 Å². The van der Waals surface area contributed by atoms with E-state index in [0.29, 0.717) is 56.3 Å². The van der Waals surface area contributed by atoms with Gasteiger partial charge in [-0.05, 0) is 50.7 Å². The summed E-state index contributed by atoms with van der Waals surface area (Å²) in [5.74, 6) is 1.92. The van der Waals surface area contributed by atoms with Crippen LogP contribution in [0.5, 0.6) is 5.75 Å². The molecule has 2 amide bonds. The number of rotatable bonds is 16. The van der Waals surface area contributed by atoms with Crippen molar-refractivity contribution >= 4 is 40.1 Å². The highest BCUT2D eigenvalue weighted by atomic mass is 16.5. The molecule has 0 spiro atoms. The zero-order valence-electron chi connectivity index (χ0n) is 24.7. The van der Waals surface area contributed by atoms with Crippen LogP contribution in [0.15, 0.2) is 48.5 Å². The standard InChI is InChI=1S/C31H41N7O4/c1-36(2)17-14-33-31(40)37(22-23-9-8-10-24(21-23)42-20-18-39)15-6-7-16-38-27(13-19-41-3)35-28-29(38)25-11-4-5-12-26(25)34-30(28)32/h4-5,8-12,18,21H,6-7,13-17,19-20,22H2,1-3H3,(H2,32,34)(H,33,40). The Labute approximate surface area is 246 Å². The maximum absolute atomic E-state index is 13.2. The average Bonchev–Trinajstić information content (AvgIpc) is 3.35. The number of amides is 2. The number of benzene rings is 2. The van der Waals surface area contributed by atoms with Gasteiger partial charge in [0.2, 0.25) is 0 Å². The molecular weight excluding hydrogens is 534 g/mol. The highest BCUT2D eigenvalue weighted by Gasteiger charge is 2.18. The highest BCUT2D eigenvalue weighted by molar-refractivity contribution is 6.06. The first-order chi connectivity index (χ1) is 20.4. The minimum absolute atomic E-state index is 0.00944. The minimum atomic E-state index is -0.116. The first kappa shape index (κ1) is 30.7. The number of aryl methyl sites for hydroxylation is 1. The molecule has 42 heavy (non-hydrogen) atoms. The quantitative estimate of drug-likeness (QED) is 0.154. The van der Waals surface area contributed by atoms with E-state index in [0.717, 1.165) is 53.5 Å². The third kappa shape index (κ3) is 7.95. The third-order valence-electron chi connectivity index (χ3n) is 6.99. The van der Waals surface area contributed by atoms with Gasteiger partial charge in [0.15, 0.2) is 12.1 Å². The molecule has 0 fully saturated rings. The van der Waals surface area contributed by atoms with Gasteiger partial charge < -0.3 is 34.9 Å². The predicted octanol–water partition coefficient (Wildman–Crippen LogP) is 3.49. The van der Waals surface area contributed by atoms with E-state index in [-0.39, 0.29) is 12.6 Å². The number of pyridine rings is 1. The second kappa shape index (κ2) is 15.1. The van der Waals surface area contributed by atoms with Gasteiger partial charge in [0.05, 0.1) is 17.6 Å². The summed E-state index contributed by atoms with van der Waals surface area (Å²) in [5.41, 5.74) is 9.78. The fourth-order valence-electron chi connectivity index (χ4n) is 4.94. The Morgan fingerprint density at radius 1 is 1.10 bits per heavy atom. The number of urea groups is 1. The lowest BCUT2D eigenvalue weighted by Crippen LogP contribution is -2.42. The van der Waals surface area contributed by atoms with Crippen LogP contribution in [0.3, 0.4) is 0 Å². The molecule has 2 aromatic heterocycles. The van der Waals surface area contributed by atoms with E-state index in [2.05, 4.69) is 20.9 Å². The number of carbonyl (C=O) groups excluding carboxylic acids is 2. The van der Waals surface area contributed by atoms with Crippen LogP contribution < -0.4 is 15.8 Å². The van der Waals surface area contributed by atoms with Crippen molar-refractivity contribution in [3.8, 4) is 5.75 Å². The first-order valence-corrected chi connectivity index (χ1v) is 14.3. The Bertz CT molecular complexity index is 1490. The largest absolute Gasteiger partial charge is 0.486 e. The number of hydrogen-bond donors (Lipinski definition) is 2. The molecule has 0 bridgehead atoms. The lowest BCUT2D eigenvalue weighted by atomic mass is 10.1. The molecule has 0 saturated carbocycles. The Morgan fingerprint density at radius 2 is 1.93 bits per heavy atom. The Kier molecular flexibility index (Phi) is 11.1. The number of anilines is 1. The topological polar surface area (TPSA) is 128 Å². The normalized spacial score (nSPS) is 11.3. The third-order valence-corrected chi connectivity index (χ3v) is 6.99. The van der Waals surface area contributed by atoms with Gasteiger partial charge in [-0.15, -0.1) is 0 Å². The zero-order valence-corrected chi connectivity index (χ0v) is 24.7. The highest BCUT2D eigenvalue weighted by Crippen LogP contribution is 2.29. The van der Waals surface area contributed by atoms with Crippen LogP contribution in [-0.2, 0) is 29.0 Å². The fourth-order valence-corrected chi connectivity index (χ4v) is 4.94. The number of carbonyl (C=O) groups is 2. The summed E-state index contributed by atoms with van der Waals surface area (Å²) in [5, 5.41) is 4.05. The molecule has 0 aliphatic rings. The molecule has 0 radical (unpaired) electrons. The number of ether oxygens (including phenoxy) is 2. The fraction of sp³-hybridized carbons (Fsp3) is 0.419. The molecule has 4 aromatic rings. The maximum Gasteiger partial charge on any atom is 0.317 e. The molecule has 2 aromatic carbocycles. The molecule has 3 N–H and O–H groups in total. The van der Waals surface area contributed by atoms with Crippen LogP contribution in [0.2, 0.25) is 0 Å². The van der Waals surface area contributed by atoms with Crippen LogP contribution in [-0.4, -0.2) is 90.7 Å². The lowest BCUT2D eigenvalue weighted by molar-refractivity contribution is -0.109. The molecule has 0 saturated heterocycles. The number of nitrogen functional groups attached to an aromatic ring is 1. The van der Waals surface area contributed by atoms with Crippen LogP contribution >= 0.6 is 0 Å². The average molecular weight is 576 g/mol. The summed E-state index contributed by atoms with van der Waals surface area (Å²) in [6.07, 6.45) is 2.98. The number of aromatic nitrogens is 3. The second-order valence-electron chi connectivity index (χ2n) is 10.4. The predicted molar refractivity (Wildman–Crippen MR) is 165 cm³/mol. The SMILES string of the molecule is COCCc1nc2c(N)nc3ccccc3c2n1CCCCN(Cc1cccc(OCC=O)c1)C(=O)NCCN(C)C. The molecule has 11 nitrogen and oxygen atoms in total. The van der Waals surface area contributed by atoms with Crippen molar-refractivity contribution in [3.63, 3.8) is 0 Å². The summed E-state index contributed by atoms with van der Waals surface area (Å²) in [7, 11) is 5.63. The number of methoxy groups -OCH3 is 1. The lowest BCUT2D eigenvalue weighted by Gasteiger charge is -2.24. The van der Waals surface area contributed by atoms with Gasteiger partial charge in [0.1, 0.15) is 23.7 Å². The molecular formula is C31H41N7O4. The molecule has 0 aliphatic heterocycles. The molecule has 4 rings (SSSR count).